The van der Waals surface area contributed by atoms with Crippen molar-refractivity contribution in [1.29, 1.82) is 0 Å². The van der Waals surface area contributed by atoms with Crippen molar-refractivity contribution < 1.29 is 26.4 Å². The van der Waals surface area contributed by atoms with Crippen LogP contribution in [0.4, 0.5) is 0 Å². The van der Waals surface area contributed by atoms with Crippen LogP contribution in [-0.2, 0) is 24.6 Å². The van der Waals surface area contributed by atoms with Gasteiger partial charge in [0.05, 0.1) is 23.8 Å². The molecule has 1 aliphatic rings. The third kappa shape index (κ3) is 3.56. The standard InChI is InChI=1S/C12H19N3O6S2/c1-3-21-12(16)10-8-13-14-11(10)23(19,20)15-5-4-9(2)22(17,18)7-6-15/h8-9H,3-7H2,1-2H3,(H,13,14). The van der Waals surface area contributed by atoms with E-state index in [4.69, 9.17) is 4.74 Å². The molecule has 0 bridgehead atoms. The molecular weight excluding hydrogens is 346 g/mol. The number of nitrogens with zero attached hydrogens (tertiary/aromatic N) is 2. The third-order valence-electron chi connectivity index (χ3n) is 3.72. The summed E-state index contributed by atoms with van der Waals surface area (Å²) in [6.45, 7) is 3.17. The number of aromatic nitrogens is 2. The van der Waals surface area contributed by atoms with Gasteiger partial charge in [-0.1, -0.05) is 0 Å². The summed E-state index contributed by atoms with van der Waals surface area (Å²) in [6, 6.07) is 0. The molecule has 2 heterocycles. The Bertz CT molecular complexity index is 783. The van der Waals surface area contributed by atoms with Crippen LogP contribution in [0.5, 0.6) is 0 Å². The van der Waals surface area contributed by atoms with Crippen molar-refractivity contribution in [2.75, 3.05) is 25.4 Å². The fraction of sp³-hybridized carbons (Fsp3) is 0.667. The predicted octanol–water partition coefficient (Wildman–Crippen LogP) is -0.216. The Morgan fingerprint density at radius 2 is 2.17 bits per heavy atom. The first kappa shape index (κ1) is 17.9. The number of aromatic amines is 1. The SMILES string of the molecule is CCOC(=O)c1cn[nH]c1S(=O)(=O)N1CCC(C)S(=O)(=O)CC1. The molecule has 1 aromatic rings. The summed E-state index contributed by atoms with van der Waals surface area (Å²) >= 11 is 0. The first-order chi connectivity index (χ1) is 10.7. The second-order valence-electron chi connectivity index (χ2n) is 5.20. The largest absolute Gasteiger partial charge is 0.462 e. The van der Waals surface area contributed by atoms with Crippen molar-refractivity contribution in [3.05, 3.63) is 11.8 Å². The van der Waals surface area contributed by atoms with Gasteiger partial charge in [0.25, 0.3) is 10.0 Å². The summed E-state index contributed by atoms with van der Waals surface area (Å²) in [4.78, 5) is 11.8. The first-order valence-corrected chi connectivity index (χ1v) is 10.3. The Labute approximate surface area is 135 Å². The predicted molar refractivity (Wildman–Crippen MR) is 81.2 cm³/mol. The van der Waals surface area contributed by atoms with Gasteiger partial charge in [0.15, 0.2) is 14.9 Å². The van der Waals surface area contributed by atoms with Gasteiger partial charge in [0.1, 0.15) is 5.56 Å². The van der Waals surface area contributed by atoms with Gasteiger partial charge in [-0.05, 0) is 20.3 Å². The molecule has 11 heteroatoms. The van der Waals surface area contributed by atoms with E-state index in [0.717, 1.165) is 10.5 Å². The van der Waals surface area contributed by atoms with Crippen molar-refractivity contribution in [3.8, 4) is 0 Å². The number of esters is 1. The van der Waals surface area contributed by atoms with Crippen LogP contribution < -0.4 is 0 Å². The first-order valence-electron chi connectivity index (χ1n) is 7.12. The average Bonchev–Trinajstić information content (AvgIpc) is 2.92. The van der Waals surface area contributed by atoms with E-state index in [1.54, 1.807) is 13.8 Å². The number of sulfonamides is 1. The van der Waals surface area contributed by atoms with Gasteiger partial charge in [-0.25, -0.2) is 21.6 Å². The van der Waals surface area contributed by atoms with Crippen molar-refractivity contribution in [2.24, 2.45) is 0 Å². The molecule has 0 radical (unpaired) electrons. The molecule has 1 fully saturated rings. The molecule has 0 saturated carbocycles. The maximum absolute atomic E-state index is 12.7. The van der Waals surface area contributed by atoms with Crippen LogP contribution in [0.2, 0.25) is 0 Å². The van der Waals surface area contributed by atoms with Crippen LogP contribution in [0.3, 0.4) is 0 Å². The van der Waals surface area contributed by atoms with E-state index in [9.17, 15) is 21.6 Å². The highest BCUT2D eigenvalue weighted by Gasteiger charge is 2.36. The zero-order chi connectivity index (χ0) is 17.3. The fourth-order valence-electron chi connectivity index (χ4n) is 2.24. The van der Waals surface area contributed by atoms with Crippen LogP contribution in [0.1, 0.15) is 30.6 Å². The molecule has 0 aromatic carbocycles. The number of rotatable bonds is 4. The molecular formula is C12H19N3O6S2. The lowest BCUT2D eigenvalue weighted by Gasteiger charge is -2.18. The number of sulfone groups is 1. The Kier molecular flexibility index (Phi) is 5.11. The second kappa shape index (κ2) is 6.57. The van der Waals surface area contributed by atoms with Crippen LogP contribution in [0, 0.1) is 0 Å². The third-order valence-corrected chi connectivity index (χ3v) is 7.81. The number of hydrogen-bond acceptors (Lipinski definition) is 7. The molecule has 0 spiro atoms. The number of hydrogen-bond donors (Lipinski definition) is 1. The van der Waals surface area contributed by atoms with Crippen molar-refractivity contribution in [2.45, 2.75) is 30.5 Å². The highest BCUT2D eigenvalue weighted by atomic mass is 32.2. The van der Waals surface area contributed by atoms with E-state index >= 15 is 0 Å². The van der Waals surface area contributed by atoms with E-state index in [0.29, 0.717) is 0 Å². The minimum absolute atomic E-state index is 0.0595. The summed E-state index contributed by atoms with van der Waals surface area (Å²) in [6.07, 6.45) is 1.28. The quantitative estimate of drug-likeness (QED) is 0.731. The molecule has 9 nitrogen and oxygen atoms in total. The normalized spacial score (nSPS) is 22.4. The number of ether oxygens (including phenoxy) is 1. The Balaban J connectivity index is 2.33. The maximum Gasteiger partial charge on any atom is 0.342 e. The molecule has 2 rings (SSSR count). The molecule has 1 aromatic heterocycles. The number of H-pyrrole nitrogens is 1. The van der Waals surface area contributed by atoms with E-state index in [1.165, 1.54) is 0 Å². The highest BCUT2D eigenvalue weighted by Crippen LogP contribution is 2.22. The van der Waals surface area contributed by atoms with Crippen molar-refractivity contribution in [3.63, 3.8) is 0 Å². The minimum atomic E-state index is -4.06. The lowest BCUT2D eigenvalue weighted by atomic mass is 10.3. The Morgan fingerprint density at radius 1 is 1.48 bits per heavy atom. The van der Waals surface area contributed by atoms with Crippen molar-refractivity contribution in [1.82, 2.24) is 14.5 Å². The van der Waals surface area contributed by atoms with Crippen LogP contribution in [0.25, 0.3) is 0 Å². The number of carbonyl (C=O) groups is 1. The minimum Gasteiger partial charge on any atom is -0.462 e. The lowest BCUT2D eigenvalue weighted by Crippen LogP contribution is -2.34. The lowest BCUT2D eigenvalue weighted by molar-refractivity contribution is 0.0521. The van der Waals surface area contributed by atoms with Gasteiger partial charge < -0.3 is 4.74 Å². The van der Waals surface area contributed by atoms with Gasteiger partial charge >= 0.3 is 5.97 Å². The summed E-state index contributed by atoms with van der Waals surface area (Å²) in [5.41, 5.74) is -0.188. The molecule has 1 N–H and O–H groups in total. The molecule has 23 heavy (non-hydrogen) atoms. The van der Waals surface area contributed by atoms with E-state index in [1.807, 2.05) is 0 Å². The van der Waals surface area contributed by atoms with Crippen LogP contribution >= 0.6 is 0 Å². The summed E-state index contributed by atoms with van der Waals surface area (Å²) in [5, 5.41) is 4.93. The topological polar surface area (TPSA) is 126 Å². The Morgan fingerprint density at radius 3 is 2.83 bits per heavy atom. The molecule has 1 aliphatic heterocycles. The van der Waals surface area contributed by atoms with E-state index in [-0.39, 0.29) is 42.5 Å². The zero-order valence-electron chi connectivity index (χ0n) is 12.9. The Hall–Kier alpha value is -1.46. The molecule has 1 unspecified atom stereocenters. The molecule has 1 atom stereocenters. The van der Waals surface area contributed by atoms with Crippen molar-refractivity contribution >= 4 is 25.8 Å². The average molecular weight is 365 g/mol. The van der Waals surface area contributed by atoms with Gasteiger partial charge in [-0.3, -0.25) is 5.10 Å². The van der Waals surface area contributed by atoms with E-state index in [2.05, 4.69) is 10.2 Å². The number of nitrogens with one attached hydrogen (secondary N) is 1. The highest BCUT2D eigenvalue weighted by molar-refractivity contribution is 7.92. The maximum atomic E-state index is 12.7. The zero-order valence-corrected chi connectivity index (χ0v) is 14.5. The smallest absolute Gasteiger partial charge is 0.342 e. The summed E-state index contributed by atoms with van der Waals surface area (Å²) in [5.74, 6) is -1.05. The van der Waals surface area contributed by atoms with Gasteiger partial charge in [-0.15, -0.1) is 0 Å². The van der Waals surface area contributed by atoms with Gasteiger partial charge in [-0.2, -0.15) is 9.40 Å². The monoisotopic (exact) mass is 365 g/mol. The molecule has 0 amide bonds. The van der Waals surface area contributed by atoms with Gasteiger partial charge in [0.2, 0.25) is 0 Å². The van der Waals surface area contributed by atoms with Gasteiger partial charge in [0, 0.05) is 13.1 Å². The second-order valence-corrected chi connectivity index (χ2v) is 9.62. The van der Waals surface area contributed by atoms with Crippen LogP contribution in [-0.4, -0.2) is 68.0 Å². The van der Waals surface area contributed by atoms with E-state index < -0.39 is 31.1 Å². The molecule has 130 valence electrons. The number of carbonyl (C=O) groups excluding carboxylic acids is 1. The molecule has 0 aliphatic carbocycles. The summed E-state index contributed by atoms with van der Waals surface area (Å²) in [7, 11) is -7.38. The summed E-state index contributed by atoms with van der Waals surface area (Å²) < 4.78 is 55.1. The van der Waals surface area contributed by atoms with Crippen LogP contribution in [0.15, 0.2) is 11.2 Å². The fourth-order valence-corrected chi connectivity index (χ4v) is 5.22. The molecule has 1 saturated heterocycles.